The van der Waals surface area contributed by atoms with Crippen molar-refractivity contribution in [3.63, 3.8) is 0 Å². The van der Waals surface area contributed by atoms with Gasteiger partial charge in [0, 0.05) is 16.8 Å². The van der Waals surface area contributed by atoms with Gasteiger partial charge >= 0.3 is 5.97 Å². The molecule has 0 N–H and O–H groups in total. The fourth-order valence-corrected chi connectivity index (χ4v) is 2.26. The number of carbonyl (C=O) groups is 1. The van der Waals surface area contributed by atoms with Gasteiger partial charge in [-0.05, 0) is 36.4 Å². The van der Waals surface area contributed by atoms with Crippen LogP contribution in [0.1, 0.15) is 16.1 Å². The Morgan fingerprint density at radius 1 is 1.22 bits per heavy atom. The minimum atomic E-state index is -0.309. The Hall–Kier alpha value is -1.81. The van der Waals surface area contributed by atoms with Gasteiger partial charge in [0.1, 0.15) is 0 Å². The monoisotopic (exact) mass is 259 g/mol. The Bertz CT molecular complexity index is 511. The van der Waals surface area contributed by atoms with E-state index < -0.39 is 0 Å². The standard InChI is InChI=1S/C14H13NO2S/c1-17-14(16)11-5-7-13(8-6-11)18-10-12-4-2-3-9-15-12/h2-9H,10H2,1H3. The van der Waals surface area contributed by atoms with Crippen molar-refractivity contribution in [2.24, 2.45) is 0 Å². The molecule has 0 radical (unpaired) electrons. The summed E-state index contributed by atoms with van der Waals surface area (Å²) in [6.45, 7) is 0. The fourth-order valence-electron chi connectivity index (χ4n) is 1.45. The number of carbonyl (C=O) groups excluding carboxylic acids is 1. The zero-order valence-corrected chi connectivity index (χ0v) is 10.8. The zero-order chi connectivity index (χ0) is 12.8. The molecule has 0 saturated heterocycles. The number of methoxy groups -OCH3 is 1. The molecule has 1 aromatic carbocycles. The summed E-state index contributed by atoms with van der Waals surface area (Å²) in [6, 6.07) is 13.2. The second kappa shape index (κ2) is 6.21. The summed E-state index contributed by atoms with van der Waals surface area (Å²) >= 11 is 1.69. The molecule has 0 unspecified atom stereocenters. The van der Waals surface area contributed by atoms with Crippen molar-refractivity contribution in [1.82, 2.24) is 4.98 Å². The molecule has 0 bridgehead atoms. The molecule has 0 aliphatic rings. The molecule has 4 heteroatoms. The van der Waals surface area contributed by atoms with Gasteiger partial charge in [0.15, 0.2) is 0 Å². The molecule has 2 rings (SSSR count). The maximum atomic E-state index is 11.3. The molecular weight excluding hydrogens is 246 g/mol. The van der Waals surface area contributed by atoms with Crippen LogP contribution in [0.3, 0.4) is 0 Å². The van der Waals surface area contributed by atoms with Crippen molar-refractivity contribution in [2.45, 2.75) is 10.6 Å². The summed E-state index contributed by atoms with van der Waals surface area (Å²) in [7, 11) is 1.38. The van der Waals surface area contributed by atoms with Gasteiger partial charge in [0.05, 0.1) is 18.4 Å². The third-order valence-electron chi connectivity index (χ3n) is 2.39. The molecule has 0 aliphatic carbocycles. The topological polar surface area (TPSA) is 39.2 Å². The van der Waals surface area contributed by atoms with E-state index in [-0.39, 0.29) is 5.97 Å². The van der Waals surface area contributed by atoms with Crippen LogP contribution in [0.5, 0.6) is 0 Å². The number of hydrogen-bond donors (Lipinski definition) is 0. The molecule has 2 aromatic rings. The Morgan fingerprint density at radius 2 is 2.00 bits per heavy atom. The first-order valence-electron chi connectivity index (χ1n) is 5.50. The molecule has 0 spiro atoms. The second-order valence-corrected chi connectivity index (χ2v) is 4.67. The van der Waals surface area contributed by atoms with E-state index in [1.54, 1.807) is 30.1 Å². The van der Waals surface area contributed by atoms with E-state index in [4.69, 9.17) is 0 Å². The molecule has 3 nitrogen and oxygen atoms in total. The molecule has 0 atom stereocenters. The van der Waals surface area contributed by atoms with Gasteiger partial charge in [-0.1, -0.05) is 6.07 Å². The van der Waals surface area contributed by atoms with Gasteiger partial charge < -0.3 is 4.74 Å². The highest BCUT2D eigenvalue weighted by Gasteiger charge is 2.04. The maximum absolute atomic E-state index is 11.3. The summed E-state index contributed by atoms with van der Waals surface area (Å²) < 4.78 is 4.65. The fraction of sp³-hybridized carbons (Fsp3) is 0.143. The predicted molar refractivity (Wildman–Crippen MR) is 71.6 cm³/mol. The lowest BCUT2D eigenvalue weighted by atomic mass is 10.2. The first-order valence-corrected chi connectivity index (χ1v) is 6.49. The van der Waals surface area contributed by atoms with Crippen molar-refractivity contribution in [3.05, 3.63) is 59.9 Å². The van der Waals surface area contributed by atoms with Crippen LogP contribution >= 0.6 is 11.8 Å². The number of esters is 1. The van der Waals surface area contributed by atoms with E-state index in [9.17, 15) is 4.79 Å². The van der Waals surface area contributed by atoms with Crippen LogP contribution in [0.4, 0.5) is 0 Å². The minimum absolute atomic E-state index is 0.309. The first kappa shape index (κ1) is 12.6. The number of thioether (sulfide) groups is 1. The number of pyridine rings is 1. The Labute approximate surface area is 110 Å². The molecule has 92 valence electrons. The van der Waals surface area contributed by atoms with Gasteiger partial charge in [0.2, 0.25) is 0 Å². The third kappa shape index (κ3) is 3.34. The van der Waals surface area contributed by atoms with Gasteiger partial charge in [-0.25, -0.2) is 4.79 Å². The van der Waals surface area contributed by atoms with Crippen LogP contribution in [-0.2, 0) is 10.5 Å². The van der Waals surface area contributed by atoms with Gasteiger partial charge in [0.25, 0.3) is 0 Å². The molecule has 0 aliphatic heterocycles. The zero-order valence-electron chi connectivity index (χ0n) is 10.00. The van der Waals surface area contributed by atoms with E-state index >= 15 is 0 Å². The highest BCUT2D eigenvalue weighted by molar-refractivity contribution is 7.98. The molecule has 0 saturated carbocycles. The number of rotatable bonds is 4. The second-order valence-electron chi connectivity index (χ2n) is 3.63. The van der Waals surface area contributed by atoms with E-state index in [1.807, 2.05) is 30.3 Å². The summed E-state index contributed by atoms with van der Waals surface area (Å²) in [4.78, 5) is 16.6. The lowest BCUT2D eigenvalue weighted by Crippen LogP contribution is -2.00. The number of ether oxygens (including phenoxy) is 1. The van der Waals surface area contributed by atoms with Crippen LogP contribution in [0.25, 0.3) is 0 Å². The summed E-state index contributed by atoms with van der Waals surface area (Å²) in [5.74, 6) is 0.509. The number of aromatic nitrogens is 1. The average molecular weight is 259 g/mol. The summed E-state index contributed by atoms with van der Waals surface area (Å²) in [6.07, 6.45) is 1.79. The van der Waals surface area contributed by atoms with Crippen molar-refractivity contribution >= 4 is 17.7 Å². The Morgan fingerprint density at radius 3 is 2.61 bits per heavy atom. The van der Waals surface area contributed by atoms with Gasteiger partial charge in [-0.2, -0.15) is 0 Å². The predicted octanol–water partition coefficient (Wildman–Crippen LogP) is 3.16. The van der Waals surface area contributed by atoms with E-state index in [0.717, 1.165) is 16.3 Å². The number of nitrogens with zero attached hydrogens (tertiary/aromatic N) is 1. The van der Waals surface area contributed by atoms with E-state index in [0.29, 0.717) is 5.56 Å². The van der Waals surface area contributed by atoms with Crippen molar-refractivity contribution < 1.29 is 9.53 Å². The maximum Gasteiger partial charge on any atom is 0.337 e. The molecule has 0 fully saturated rings. The highest BCUT2D eigenvalue weighted by Crippen LogP contribution is 2.22. The largest absolute Gasteiger partial charge is 0.465 e. The van der Waals surface area contributed by atoms with Crippen LogP contribution in [0.2, 0.25) is 0 Å². The summed E-state index contributed by atoms with van der Waals surface area (Å²) in [5.41, 5.74) is 1.61. The van der Waals surface area contributed by atoms with Crippen molar-refractivity contribution in [3.8, 4) is 0 Å². The Kier molecular flexibility index (Phi) is 4.36. The van der Waals surface area contributed by atoms with E-state index in [1.165, 1.54) is 7.11 Å². The minimum Gasteiger partial charge on any atom is -0.465 e. The van der Waals surface area contributed by atoms with Gasteiger partial charge in [-0.15, -0.1) is 11.8 Å². The highest BCUT2D eigenvalue weighted by atomic mass is 32.2. The molecule has 0 amide bonds. The smallest absolute Gasteiger partial charge is 0.337 e. The average Bonchev–Trinajstić information content (AvgIpc) is 2.46. The van der Waals surface area contributed by atoms with E-state index in [2.05, 4.69) is 9.72 Å². The van der Waals surface area contributed by atoms with Crippen LogP contribution in [-0.4, -0.2) is 18.1 Å². The van der Waals surface area contributed by atoms with Crippen molar-refractivity contribution in [2.75, 3.05) is 7.11 Å². The van der Waals surface area contributed by atoms with Crippen LogP contribution in [0, 0.1) is 0 Å². The number of benzene rings is 1. The third-order valence-corrected chi connectivity index (χ3v) is 3.43. The lowest BCUT2D eigenvalue weighted by molar-refractivity contribution is 0.0600. The number of hydrogen-bond acceptors (Lipinski definition) is 4. The molecule has 1 aromatic heterocycles. The Balaban J connectivity index is 1.97. The normalized spacial score (nSPS) is 10.1. The molecule has 1 heterocycles. The van der Waals surface area contributed by atoms with Crippen molar-refractivity contribution in [1.29, 1.82) is 0 Å². The van der Waals surface area contributed by atoms with Crippen LogP contribution < -0.4 is 0 Å². The first-order chi connectivity index (χ1) is 8.79. The van der Waals surface area contributed by atoms with Crippen LogP contribution in [0.15, 0.2) is 53.6 Å². The SMILES string of the molecule is COC(=O)c1ccc(SCc2ccccn2)cc1. The molecule has 18 heavy (non-hydrogen) atoms. The quantitative estimate of drug-likeness (QED) is 0.624. The summed E-state index contributed by atoms with van der Waals surface area (Å²) in [5, 5.41) is 0. The molecular formula is C14H13NO2S. The lowest BCUT2D eigenvalue weighted by Gasteiger charge is -2.03. The van der Waals surface area contributed by atoms with Gasteiger partial charge in [-0.3, -0.25) is 4.98 Å².